The molecule has 0 unspecified atom stereocenters. The van der Waals surface area contributed by atoms with Gasteiger partial charge in [0.05, 0.1) is 10.9 Å². The van der Waals surface area contributed by atoms with Crippen LogP contribution in [0.1, 0.15) is 26.3 Å². The SMILES string of the molecule is C=C/C=c1/c(=O)c(C)cn2c1=C(C)OCC2(C)C. The topological polar surface area (TPSA) is 31.2 Å². The summed E-state index contributed by atoms with van der Waals surface area (Å²) in [5, 5.41) is 1.53. The number of rotatable bonds is 1. The summed E-state index contributed by atoms with van der Waals surface area (Å²) in [6.07, 6.45) is 5.32. The highest BCUT2D eigenvalue weighted by Crippen LogP contribution is 2.18. The summed E-state index contributed by atoms with van der Waals surface area (Å²) in [5.41, 5.74) is 0.633. The number of hydrogen-bond donors (Lipinski definition) is 0. The summed E-state index contributed by atoms with van der Waals surface area (Å²) < 4.78 is 7.84. The number of fused-ring (bicyclic) bond motifs is 1. The standard InChI is InChI=1S/C15H19NO2/c1-6-7-12-13-11(3)18-9-15(4,5)16(13)8-10(2)14(12)17/h6-8H,1,9H2,2-5H3/b12-7+. The van der Waals surface area contributed by atoms with Gasteiger partial charge in [-0.2, -0.15) is 0 Å². The Balaban J connectivity index is 3.10. The van der Waals surface area contributed by atoms with E-state index in [1.165, 1.54) is 0 Å². The summed E-state index contributed by atoms with van der Waals surface area (Å²) in [5.74, 6) is 0.791. The van der Waals surface area contributed by atoms with Gasteiger partial charge >= 0.3 is 0 Å². The summed E-state index contributed by atoms with van der Waals surface area (Å²) in [7, 11) is 0. The fraction of sp³-hybridized carbons (Fsp3) is 0.400. The van der Waals surface area contributed by atoms with Gasteiger partial charge in [-0.15, -0.1) is 0 Å². The van der Waals surface area contributed by atoms with Crippen molar-refractivity contribution in [1.29, 1.82) is 0 Å². The van der Waals surface area contributed by atoms with E-state index in [9.17, 15) is 4.79 Å². The Morgan fingerprint density at radius 1 is 1.44 bits per heavy atom. The van der Waals surface area contributed by atoms with Crippen molar-refractivity contribution in [2.24, 2.45) is 0 Å². The zero-order valence-corrected chi connectivity index (χ0v) is 11.4. The molecule has 18 heavy (non-hydrogen) atoms. The first-order valence-electron chi connectivity index (χ1n) is 6.07. The van der Waals surface area contributed by atoms with Crippen LogP contribution in [0.4, 0.5) is 0 Å². The molecule has 0 saturated heterocycles. The summed E-state index contributed by atoms with van der Waals surface area (Å²) in [4.78, 5) is 12.2. The molecule has 0 saturated carbocycles. The smallest absolute Gasteiger partial charge is 0.192 e. The molecule has 3 nitrogen and oxygen atoms in total. The minimum Gasteiger partial charge on any atom is -0.494 e. The van der Waals surface area contributed by atoms with Gasteiger partial charge in [0.25, 0.3) is 0 Å². The fourth-order valence-electron chi connectivity index (χ4n) is 2.30. The van der Waals surface area contributed by atoms with E-state index < -0.39 is 0 Å². The predicted molar refractivity (Wildman–Crippen MR) is 73.7 cm³/mol. The lowest BCUT2D eigenvalue weighted by atomic mass is 10.0. The highest BCUT2D eigenvalue weighted by Gasteiger charge is 2.26. The van der Waals surface area contributed by atoms with E-state index in [-0.39, 0.29) is 11.0 Å². The van der Waals surface area contributed by atoms with E-state index in [2.05, 4.69) is 25.0 Å². The average molecular weight is 245 g/mol. The molecule has 0 aromatic carbocycles. The van der Waals surface area contributed by atoms with Crippen molar-refractivity contribution in [3.05, 3.63) is 45.2 Å². The molecule has 1 aromatic heterocycles. The highest BCUT2D eigenvalue weighted by molar-refractivity contribution is 5.42. The van der Waals surface area contributed by atoms with Gasteiger partial charge in [0.2, 0.25) is 0 Å². The van der Waals surface area contributed by atoms with E-state index in [0.717, 1.165) is 16.7 Å². The van der Waals surface area contributed by atoms with Crippen molar-refractivity contribution < 1.29 is 4.74 Å². The lowest BCUT2D eigenvalue weighted by Gasteiger charge is -2.34. The van der Waals surface area contributed by atoms with Crippen LogP contribution in [-0.4, -0.2) is 11.2 Å². The van der Waals surface area contributed by atoms with Crippen LogP contribution in [0.3, 0.4) is 0 Å². The number of pyridine rings is 1. The first-order valence-corrected chi connectivity index (χ1v) is 6.07. The van der Waals surface area contributed by atoms with Crippen molar-refractivity contribution in [3.63, 3.8) is 0 Å². The van der Waals surface area contributed by atoms with Crippen LogP contribution in [0.25, 0.3) is 11.8 Å². The Labute approximate surface area is 107 Å². The molecule has 0 aliphatic carbocycles. The Kier molecular flexibility index (Phi) is 2.93. The molecule has 2 rings (SSSR count). The zero-order chi connectivity index (χ0) is 13.5. The zero-order valence-electron chi connectivity index (χ0n) is 11.4. The number of aryl methyl sites for hydroxylation is 1. The Morgan fingerprint density at radius 2 is 2.11 bits per heavy atom. The lowest BCUT2D eigenvalue weighted by molar-refractivity contribution is 0.129. The normalized spacial score (nSPS) is 18.2. The fourth-order valence-corrected chi connectivity index (χ4v) is 2.30. The second-order valence-electron chi connectivity index (χ2n) is 5.33. The second-order valence-corrected chi connectivity index (χ2v) is 5.33. The van der Waals surface area contributed by atoms with Crippen LogP contribution < -0.4 is 16.0 Å². The van der Waals surface area contributed by atoms with Gasteiger partial charge in [0.1, 0.15) is 12.4 Å². The van der Waals surface area contributed by atoms with Crippen molar-refractivity contribution in [3.8, 4) is 0 Å². The van der Waals surface area contributed by atoms with Crippen LogP contribution in [0.2, 0.25) is 0 Å². The third kappa shape index (κ3) is 1.80. The molecule has 2 heterocycles. The Hall–Kier alpha value is -1.77. The molecule has 0 radical (unpaired) electrons. The van der Waals surface area contributed by atoms with E-state index in [4.69, 9.17) is 4.74 Å². The second kappa shape index (κ2) is 4.16. The molecule has 3 heteroatoms. The maximum Gasteiger partial charge on any atom is 0.192 e. The third-order valence-electron chi connectivity index (χ3n) is 3.33. The van der Waals surface area contributed by atoms with Crippen LogP contribution in [-0.2, 0) is 10.3 Å². The van der Waals surface area contributed by atoms with Gasteiger partial charge in [-0.3, -0.25) is 4.79 Å². The Bertz CT molecular complexity index is 678. The predicted octanol–water partition coefficient (Wildman–Crippen LogP) is 1.02. The molecule has 0 bridgehead atoms. The molecule has 1 aliphatic heterocycles. The molecule has 1 aliphatic rings. The number of allylic oxidation sites excluding steroid dienone is 1. The first-order chi connectivity index (χ1) is 8.38. The van der Waals surface area contributed by atoms with Crippen molar-refractivity contribution in [1.82, 2.24) is 4.57 Å². The quantitative estimate of drug-likeness (QED) is 0.739. The molecule has 0 amide bonds. The minimum absolute atomic E-state index is 0.0433. The van der Waals surface area contributed by atoms with Crippen molar-refractivity contribution in [2.45, 2.75) is 33.2 Å². The minimum atomic E-state index is -0.156. The maximum atomic E-state index is 12.2. The molecule has 0 spiro atoms. The van der Waals surface area contributed by atoms with E-state index in [0.29, 0.717) is 11.8 Å². The molecule has 0 fully saturated rings. The van der Waals surface area contributed by atoms with Crippen LogP contribution in [0, 0.1) is 6.92 Å². The Morgan fingerprint density at radius 3 is 2.72 bits per heavy atom. The highest BCUT2D eigenvalue weighted by atomic mass is 16.5. The van der Waals surface area contributed by atoms with Gasteiger partial charge in [-0.05, 0) is 33.8 Å². The number of hydrogen-bond acceptors (Lipinski definition) is 2. The molecular weight excluding hydrogens is 226 g/mol. The summed E-state index contributed by atoms with van der Waals surface area (Å²) in [6, 6.07) is 0. The maximum absolute atomic E-state index is 12.2. The summed E-state index contributed by atoms with van der Waals surface area (Å²) in [6.45, 7) is 12.2. The monoisotopic (exact) mass is 245 g/mol. The largest absolute Gasteiger partial charge is 0.494 e. The van der Waals surface area contributed by atoms with Crippen LogP contribution in [0.5, 0.6) is 0 Å². The van der Waals surface area contributed by atoms with Crippen molar-refractivity contribution in [2.75, 3.05) is 6.61 Å². The summed E-state index contributed by atoms with van der Waals surface area (Å²) >= 11 is 0. The first kappa shape index (κ1) is 12.7. The van der Waals surface area contributed by atoms with Crippen LogP contribution in [0.15, 0.2) is 23.6 Å². The van der Waals surface area contributed by atoms with Gasteiger partial charge in [-0.1, -0.05) is 12.7 Å². The molecule has 0 atom stereocenters. The number of aromatic nitrogens is 1. The molecular formula is C15H19NO2. The average Bonchev–Trinajstić information content (AvgIpc) is 2.30. The van der Waals surface area contributed by atoms with Crippen LogP contribution >= 0.6 is 0 Å². The van der Waals surface area contributed by atoms with E-state index in [1.54, 1.807) is 12.2 Å². The number of ether oxygens (including phenoxy) is 1. The van der Waals surface area contributed by atoms with Gasteiger partial charge in [0, 0.05) is 17.0 Å². The van der Waals surface area contributed by atoms with Gasteiger partial charge < -0.3 is 9.30 Å². The van der Waals surface area contributed by atoms with E-state index >= 15 is 0 Å². The van der Waals surface area contributed by atoms with Crippen molar-refractivity contribution >= 4 is 11.8 Å². The number of nitrogens with zero attached hydrogens (tertiary/aromatic N) is 1. The lowest BCUT2D eigenvalue weighted by Crippen LogP contribution is -2.55. The van der Waals surface area contributed by atoms with Gasteiger partial charge in [-0.25, -0.2) is 0 Å². The molecule has 96 valence electrons. The van der Waals surface area contributed by atoms with E-state index in [1.807, 2.05) is 20.0 Å². The molecule has 1 aromatic rings. The molecule has 0 N–H and O–H groups in total. The van der Waals surface area contributed by atoms with Gasteiger partial charge in [0.15, 0.2) is 5.43 Å². The third-order valence-corrected chi connectivity index (χ3v) is 3.33.